The summed E-state index contributed by atoms with van der Waals surface area (Å²) >= 11 is 0. The summed E-state index contributed by atoms with van der Waals surface area (Å²) < 4.78 is 0. The Morgan fingerprint density at radius 3 is 2.52 bits per heavy atom. The minimum atomic E-state index is -0.458. The highest BCUT2D eigenvalue weighted by atomic mass is 16.3. The fourth-order valence-electron chi connectivity index (χ4n) is 2.67. The number of fused-ring (bicyclic) bond motifs is 1. The van der Waals surface area contributed by atoms with Gasteiger partial charge in [0.05, 0.1) is 6.10 Å². The molecule has 0 bridgehead atoms. The maximum absolute atomic E-state index is 10.5. The molecule has 0 aliphatic carbocycles. The standard InChI is InChI=1S/C19H27NO/c1-3-4-5-8-13-20-15(2)19(21)18-12-11-16-9-6-7-10-17(16)14-18/h6-7,9-12,14-15,19-21H,3-5,8,13H2,1-2H3. The molecule has 0 heterocycles. The first-order valence-corrected chi connectivity index (χ1v) is 8.12. The number of rotatable bonds is 8. The second-order valence-electron chi connectivity index (χ2n) is 5.85. The lowest BCUT2D eigenvalue weighted by atomic mass is 9.99. The molecule has 0 saturated carbocycles. The maximum atomic E-state index is 10.5. The summed E-state index contributed by atoms with van der Waals surface area (Å²) in [4.78, 5) is 0. The van der Waals surface area contributed by atoms with E-state index in [1.807, 2.05) is 18.2 Å². The summed E-state index contributed by atoms with van der Waals surface area (Å²) in [6.45, 7) is 5.25. The molecule has 2 aromatic carbocycles. The minimum absolute atomic E-state index is 0.0767. The molecule has 0 fully saturated rings. The molecule has 2 nitrogen and oxygen atoms in total. The van der Waals surface area contributed by atoms with E-state index < -0.39 is 6.10 Å². The molecule has 2 aromatic rings. The van der Waals surface area contributed by atoms with Gasteiger partial charge in [-0.05, 0) is 42.3 Å². The summed E-state index contributed by atoms with van der Waals surface area (Å²) in [6, 6.07) is 14.6. The normalized spacial score (nSPS) is 14.2. The lowest BCUT2D eigenvalue weighted by Gasteiger charge is -2.21. The highest BCUT2D eigenvalue weighted by Gasteiger charge is 2.15. The van der Waals surface area contributed by atoms with Crippen LogP contribution in [0.15, 0.2) is 42.5 Å². The van der Waals surface area contributed by atoms with Crippen molar-refractivity contribution in [3.8, 4) is 0 Å². The SMILES string of the molecule is CCCCCCNC(C)C(O)c1ccc2ccccc2c1. The van der Waals surface area contributed by atoms with Gasteiger partial charge in [0.2, 0.25) is 0 Å². The molecule has 0 aromatic heterocycles. The molecule has 114 valence electrons. The summed E-state index contributed by atoms with van der Waals surface area (Å²) in [5, 5.41) is 16.3. The molecule has 2 unspecified atom stereocenters. The molecule has 2 N–H and O–H groups in total. The third-order valence-electron chi connectivity index (χ3n) is 4.09. The number of unbranched alkanes of at least 4 members (excludes halogenated alkanes) is 3. The van der Waals surface area contributed by atoms with Gasteiger partial charge >= 0.3 is 0 Å². The Bertz CT molecular complexity index is 552. The molecule has 0 radical (unpaired) electrons. The molecule has 2 heteroatoms. The van der Waals surface area contributed by atoms with Crippen molar-refractivity contribution in [2.75, 3.05) is 6.54 Å². The molecule has 0 spiro atoms. The van der Waals surface area contributed by atoms with Crippen LogP contribution in [0.2, 0.25) is 0 Å². The van der Waals surface area contributed by atoms with Crippen molar-refractivity contribution in [2.45, 2.75) is 51.7 Å². The van der Waals surface area contributed by atoms with E-state index in [4.69, 9.17) is 0 Å². The highest BCUT2D eigenvalue weighted by molar-refractivity contribution is 5.83. The van der Waals surface area contributed by atoms with Crippen molar-refractivity contribution in [1.29, 1.82) is 0 Å². The second kappa shape index (κ2) is 8.16. The highest BCUT2D eigenvalue weighted by Crippen LogP contribution is 2.22. The number of benzene rings is 2. The van der Waals surface area contributed by atoms with E-state index >= 15 is 0 Å². The lowest BCUT2D eigenvalue weighted by molar-refractivity contribution is 0.136. The molecule has 21 heavy (non-hydrogen) atoms. The second-order valence-corrected chi connectivity index (χ2v) is 5.85. The van der Waals surface area contributed by atoms with Crippen molar-refractivity contribution in [3.05, 3.63) is 48.0 Å². The quantitative estimate of drug-likeness (QED) is 0.703. The number of hydrogen-bond donors (Lipinski definition) is 2. The van der Waals surface area contributed by atoms with E-state index in [9.17, 15) is 5.11 Å². The number of nitrogens with one attached hydrogen (secondary N) is 1. The van der Waals surface area contributed by atoms with E-state index in [2.05, 4.69) is 43.4 Å². The van der Waals surface area contributed by atoms with E-state index in [1.165, 1.54) is 36.5 Å². The third kappa shape index (κ3) is 4.55. The minimum Gasteiger partial charge on any atom is -0.387 e. The van der Waals surface area contributed by atoms with Gasteiger partial charge < -0.3 is 10.4 Å². The Balaban J connectivity index is 1.92. The summed E-state index contributed by atoms with van der Waals surface area (Å²) in [6.07, 6.45) is 4.55. The zero-order valence-corrected chi connectivity index (χ0v) is 13.2. The molecular formula is C19H27NO. The Labute approximate surface area is 128 Å². The molecule has 0 amide bonds. The average molecular weight is 285 g/mol. The van der Waals surface area contributed by atoms with Crippen LogP contribution >= 0.6 is 0 Å². The number of aliphatic hydroxyl groups excluding tert-OH is 1. The van der Waals surface area contributed by atoms with Crippen LogP contribution in [0.25, 0.3) is 10.8 Å². The van der Waals surface area contributed by atoms with Crippen LogP contribution in [-0.4, -0.2) is 17.7 Å². The fourth-order valence-corrected chi connectivity index (χ4v) is 2.67. The predicted molar refractivity (Wildman–Crippen MR) is 90.5 cm³/mol. The summed E-state index contributed by atoms with van der Waals surface area (Å²) in [5.74, 6) is 0. The molecule has 2 atom stereocenters. The number of hydrogen-bond acceptors (Lipinski definition) is 2. The van der Waals surface area contributed by atoms with Crippen molar-refractivity contribution >= 4 is 10.8 Å². The van der Waals surface area contributed by atoms with Crippen LogP contribution in [0.5, 0.6) is 0 Å². The number of aliphatic hydroxyl groups is 1. The lowest BCUT2D eigenvalue weighted by Crippen LogP contribution is -2.32. The molecule has 2 rings (SSSR count). The Kier molecular flexibility index (Phi) is 6.21. The zero-order valence-electron chi connectivity index (χ0n) is 13.2. The van der Waals surface area contributed by atoms with E-state index in [-0.39, 0.29) is 6.04 Å². The first kappa shape index (κ1) is 16.0. The average Bonchev–Trinajstić information content (AvgIpc) is 2.53. The van der Waals surface area contributed by atoms with Gasteiger partial charge in [-0.2, -0.15) is 0 Å². The van der Waals surface area contributed by atoms with Crippen LogP contribution in [0.1, 0.15) is 51.2 Å². The third-order valence-corrected chi connectivity index (χ3v) is 4.09. The monoisotopic (exact) mass is 285 g/mol. The van der Waals surface area contributed by atoms with Crippen LogP contribution in [0.4, 0.5) is 0 Å². The van der Waals surface area contributed by atoms with Gasteiger partial charge in [-0.3, -0.25) is 0 Å². The van der Waals surface area contributed by atoms with E-state index in [0.717, 1.165) is 12.1 Å². The van der Waals surface area contributed by atoms with E-state index in [1.54, 1.807) is 0 Å². The van der Waals surface area contributed by atoms with Crippen LogP contribution in [-0.2, 0) is 0 Å². The van der Waals surface area contributed by atoms with E-state index in [0.29, 0.717) is 0 Å². The van der Waals surface area contributed by atoms with Gasteiger partial charge in [-0.25, -0.2) is 0 Å². The zero-order chi connectivity index (χ0) is 15.1. The summed E-state index contributed by atoms with van der Waals surface area (Å²) in [7, 11) is 0. The first-order valence-electron chi connectivity index (χ1n) is 8.12. The molecule has 0 aliphatic rings. The topological polar surface area (TPSA) is 32.3 Å². The molecule has 0 aliphatic heterocycles. The largest absolute Gasteiger partial charge is 0.387 e. The molecule has 0 saturated heterocycles. The van der Waals surface area contributed by atoms with Gasteiger partial charge in [0.1, 0.15) is 0 Å². The first-order chi connectivity index (χ1) is 10.2. The predicted octanol–water partition coefficient (Wildman–Crippen LogP) is 4.43. The van der Waals surface area contributed by atoms with Gasteiger partial charge in [-0.1, -0.05) is 62.6 Å². The van der Waals surface area contributed by atoms with Crippen LogP contribution in [0, 0.1) is 0 Å². The van der Waals surface area contributed by atoms with Crippen molar-refractivity contribution < 1.29 is 5.11 Å². The van der Waals surface area contributed by atoms with Gasteiger partial charge in [0.25, 0.3) is 0 Å². The van der Waals surface area contributed by atoms with Crippen molar-refractivity contribution in [2.24, 2.45) is 0 Å². The van der Waals surface area contributed by atoms with Gasteiger partial charge in [0.15, 0.2) is 0 Å². The Hall–Kier alpha value is -1.38. The smallest absolute Gasteiger partial charge is 0.0940 e. The van der Waals surface area contributed by atoms with Crippen molar-refractivity contribution in [3.63, 3.8) is 0 Å². The fraction of sp³-hybridized carbons (Fsp3) is 0.474. The Morgan fingerprint density at radius 1 is 1.00 bits per heavy atom. The summed E-state index contributed by atoms with van der Waals surface area (Å²) in [5.41, 5.74) is 0.988. The molecular weight excluding hydrogens is 258 g/mol. The Morgan fingerprint density at radius 2 is 1.76 bits per heavy atom. The van der Waals surface area contributed by atoms with Crippen LogP contribution < -0.4 is 5.32 Å². The van der Waals surface area contributed by atoms with Crippen molar-refractivity contribution in [1.82, 2.24) is 5.32 Å². The maximum Gasteiger partial charge on any atom is 0.0940 e. The van der Waals surface area contributed by atoms with Gasteiger partial charge in [0, 0.05) is 6.04 Å². The van der Waals surface area contributed by atoms with Gasteiger partial charge in [-0.15, -0.1) is 0 Å². The van der Waals surface area contributed by atoms with Crippen LogP contribution in [0.3, 0.4) is 0 Å².